The first-order valence-electron chi connectivity index (χ1n) is 6.82. The van der Waals surface area contributed by atoms with E-state index in [1.54, 1.807) is 6.07 Å². The molecule has 2 unspecified atom stereocenters. The van der Waals surface area contributed by atoms with Crippen molar-refractivity contribution in [2.75, 3.05) is 6.61 Å². The van der Waals surface area contributed by atoms with Crippen molar-refractivity contribution >= 4 is 5.91 Å². The number of carbonyl (C=O) groups is 1. The quantitative estimate of drug-likeness (QED) is 0.849. The maximum Gasteiger partial charge on any atom is 0.248 e. The number of hydrogen-bond donors (Lipinski definition) is 2. The average Bonchev–Trinajstić information content (AvgIpc) is 2.90. The topological polar surface area (TPSA) is 64.4 Å². The Bertz CT molecular complexity index is 453. The minimum atomic E-state index is -0.379. The van der Waals surface area contributed by atoms with E-state index >= 15 is 0 Å². The third kappa shape index (κ3) is 3.55. The predicted octanol–water partition coefficient (Wildman–Crippen LogP) is 1.75. The van der Waals surface area contributed by atoms with Crippen molar-refractivity contribution in [3.63, 3.8) is 0 Å². The van der Waals surface area contributed by atoms with Crippen LogP contribution in [0.3, 0.4) is 0 Å². The van der Waals surface area contributed by atoms with E-state index in [0.29, 0.717) is 17.7 Å². The van der Waals surface area contributed by atoms with Crippen molar-refractivity contribution < 1.29 is 9.53 Å². The monoisotopic (exact) mass is 262 g/mol. The van der Waals surface area contributed by atoms with Crippen LogP contribution in [0.1, 0.15) is 41.3 Å². The summed E-state index contributed by atoms with van der Waals surface area (Å²) >= 11 is 0. The summed E-state index contributed by atoms with van der Waals surface area (Å²) in [5, 5.41) is 3.49. The van der Waals surface area contributed by atoms with Crippen molar-refractivity contribution in [1.29, 1.82) is 0 Å². The number of rotatable bonds is 5. The second kappa shape index (κ2) is 6.17. The van der Waals surface area contributed by atoms with Crippen LogP contribution in [-0.4, -0.2) is 24.7 Å². The molecule has 4 nitrogen and oxygen atoms in total. The molecule has 0 saturated carbocycles. The normalized spacial score (nSPS) is 20.4. The highest BCUT2D eigenvalue weighted by atomic mass is 16.5. The van der Waals surface area contributed by atoms with Crippen LogP contribution in [0.2, 0.25) is 0 Å². The summed E-state index contributed by atoms with van der Waals surface area (Å²) in [5.41, 5.74) is 8.11. The zero-order valence-corrected chi connectivity index (χ0v) is 11.6. The summed E-state index contributed by atoms with van der Waals surface area (Å²) in [5.74, 6) is -0.379. The van der Waals surface area contributed by atoms with E-state index in [1.807, 2.05) is 19.1 Å². The maximum atomic E-state index is 11.1. The van der Waals surface area contributed by atoms with Gasteiger partial charge >= 0.3 is 0 Å². The molecule has 1 saturated heterocycles. The van der Waals surface area contributed by atoms with Gasteiger partial charge in [-0.2, -0.15) is 0 Å². The molecule has 4 heteroatoms. The number of nitrogens with one attached hydrogen (secondary N) is 1. The highest BCUT2D eigenvalue weighted by Crippen LogP contribution is 2.16. The van der Waals surface area contributed by atoms with E-state index in [9.17, 15) is 4.79 Å². The van der Waals surface area contributed by atoms with Crippen molar-refractivity contribution in [2.45, 2.75) is 45.4 Å². The molecule has 0 aliphatic carbocycles. The van der Waals surface area contributed by atoms with Gasteiger partial charge in [0.05, 0.1) is 6.10 Å². The fourth-order valence-corrected chi connectivity index (χ4v) is 2.45. The van der Waals surface area contributed by atoms with Gasteiger partial charge in [-0.1, -0.05) is 6.07 Å². The first kappa shape index (κ1) is 14.0. The molecule has 0 spiro atoms. The number of primary amides is 1. The highest BCUT2D eigenvalue weighted by molar-refractivity contribution is 5.93. The Morgan fingerprint density at radius 2 is 2.37 bits per heavy atom. The fourth-order valence-electron chi connectivity index (χ4n) is 2.45. The number of hydrogen-bond acceptors (Lipinski definition) is 3. The maximum absolute atomic E-state index is 11.1. The van der Waals surface area contributed by atoms with Crippen LogP contribution in [-0.2, 0) is 11.3 Å². The minimum absolute atomic E-state index is 0.324. The predicted molar refractivity (Wildman–Crippen MR) is 75.0 cm³/mol. The average molecular weight is 262 g/mol. The Morgan fingerprint density at radius 1 is 1.58 bits per heavy atom. The van der Waals surface area contributed by atoms with E-state index < -0.39 is 0 Å². The van der Waals surface area contributed by atoms with E-state index in [4.69, 9.17) is 10.5 Å². The van der Waals surface area contributed by atoms with Crippen LogP contribution in [0.5, 0.6) is 0 Å². The van der Waals surface area contributed by atoms with Gasteiger partial charge in [0.15, 0.2) is 0 Å². The Kier molecular flexibility index (Phi) is 4.56. The third-order valence-electron chi connectivity index (χ3n) is 3.76. The largest absolute Gasteiger partial charge is 0.377 e. The van der Waals surface area contributed by atoms with Gasteiger partial charge in [0.2, 0.25) is 5.91 Å². The lowest BCUT2D eigenvalue weighted by Gasteiger charge is -2.20. The number of amides is 1. The summed E-state index contributed by atoms with van der Waals surface area (Å²) in [6.07, 6.45) is 2.61. The van der Waals surface area contributed by atoms with Crippen LogP contribution in [0.4, 0.5) is 0 Å². The number of aryl methyl sites for hydroxylation is 1. The molecular formula is C15H22N2O2. The Labute approximate surface area is 114 Å². The number of benzene rings is 1. The van der Waals surface area contributed by atoms with Gasteiger partial charge in [-0.3, -0.25) is 4.79 Å². The minimum Gasteiger partial charge on any atom is -0.377 e. The lowest BCUT2D eigenvalue weighted by Crippen LogP contribution is -2.36. The van der Waals surface area contributed by atoms with Crippen molar-refractivity contribution in [1.82, 2.24) is 5.32 Å². The molecule has 1 aliphatic heterocycles. The van der Waals surface area contributed by atoms with Gasteiger partial charge in [0, 0.05) is 24.8 Å². The molecule has 1 amide bonds. The van der Waals surface area contributed by atoms with E-state index in [1.165, 1.54) is 5.56 Å². The summed E-state index contributed by atoms with van der Waals surface area (Å²) in [4.78, 5) is 11.1. The first-order chi connectivity index (χ1) is 9.08. The third-order valence-corrected chi connectivity index (χ3v) is 3.76. The van der Waals surface area contributed by atoms with Gasteiger partial charge in [0.25, 0.3) is 0 Å². The molecule has 0 radical (unpaired) electrons. The molecule has 1 aromatic carbocycles. The van der Waals surface area contributed by atoms with E-state index in [-0.39, 0.29) is 5.91 Å². The van der Waals surface area contributed by atoms with E-state index in [2.05, 4.69) is 12.2 Å². The van der Waals surface area contributed by atoms with Gasteiger partial charge in [0.1, 0.15) is 0 Å². The molecule has 1 heterocycles. The van der Waals surface area contributed by atoms with Crippen LogP contribution in [0, 0.1) is 6.92 Å². The molecule has 2 atom stereocenters. The second-order valence-corrected chi connectivity index (χ2v) is 5.23. The standard InChI is InChI=1S/C15H22N2O2/c1-10-8-12(15(16)18)5-6-13(10)9-17-11(2)14-4-3-7-19-14/h5-6,8,11,14,17H,3-4,7,9H2,1-2H3,(H2,16,18). The van der Waals surface area contributed by atoms with E-state index in [0.717, 1.165) is 31.6 Å². The lowest BCUT2D eigenvalue weighted by atomic mass is 10.0. The molecule has 0 aromatic heterocycles. The highest BCUT2D eigenvalue weighted by Gasteiger charge is 2.21. The van der Waals surface area contributed by atoms with Gasteiger partial charge < -0.3 is 15.8 Å². The van der Waals surface area contributed by atoms with Gasteiger partial charge in [-0.05, 0) is 49.9 Å². The zero-order valence-electron chi connectivity index (χ0n) is 11.6. The summed E-state index contributed by atoms with van der Waals surface area (Å²) in [7, 11) is 0. The smallest absolute Gasteiger partial charge is 0.248 e. The molecular weight excluding hydrogens is 240 g/mol. The molecule has 1 fully saturated rings. The molecule has 0 bridgehead atoms. The molecule has 2 rings (SSSR count). The summed E-state index contributed by atoms with van der Waals surface area (Å²) < 4.78 is 5.66. The van der Waals surface area contributed by atoms with Crippen molar-refractivity contribution in [2.24, 2.45) is 5.73 Å². The number of ether oxygens (including phenoxy) is 1. The molecule has 19 heavy (non-hydrogen) atoms. The van der Waals surface area contributed by atoms with Crippen molar-refractivity contribution in [3.8, 4) is 0 Å². The summed E-state index contributed by atoms with van der Waals surface area (Å²) in [6.45, 7) is 5.82. The van der Waals surface area contributed by atoms with Crippen LogP contribution < -0.4 is 11.1 Å². The molecule has 104 valence electrons. The second-order valence-electron chi connectivity index (χ2n) is 5.23. The Balaban J connectivity index is 1.93. The SMILES string of the molecule is Cc1cc(C(N)=O)ccc1CNC(C)C1CCCO1. The lowest BCUT2D eigenvalue weighted by molar-refractivity contribution is 0.0832. The molecule has 3 N–H and O–H groups in total. The Hall–Kier alpha value is -1.39. The Morgan fingerprint density at radius 3 is 2.95 bits per heavy atom. The van der Waals surface area contributed by atoms with Gasteiger partial charge in [-0.25, -0.2) is 0 Å². The van der Waals surface area contributed by atoms with Crippen LogP contribution >= 0.6 is 0 Å². The number of nitrogens with two attached hydrogens (primary N) is 1. The van der Waals surface area contributed by atoms with Crippen LogP contribution in [0.15, 0.2) is 18.2 Å². The first-order valence-corrected chi connectivity index (χ1v) is 6.82. The summed E-state index contributed by atoms with van der Waals surface area (Å²) in [6, 6.07) is 5.93. The number of carbonyl (C=O) groups excluding carboxylic acids is 1. The fraction of sp³-hybridized carbons (Fsp3) is 0.533. The van der Waals surface area contributed by atoms with Crippen LogP contribution in [0.25, 0.3) is 0 Å². The van der Waals surface area contributed by atoms with Crippen molar-refractivity contribution in [3.05, 3.63) is 34.9 Å². The van der Waals surface area contributed by atoms with Gasteiger partial charge in [-0.15, -0.1) is 0 Å². The molecule has 1 aliphatic rings. The zero-order chi connectivity index (χ0) is 13.8. The molecule has 1 aromatic rings.